The van der Waals surface area contributed by atoms with Gasteiger partial charge in [-0.1, -0.05) is 12.1 Å². The van der Waals surface area contributed by atoms with Gasteiger partial charge in [0.25, 0.3) is 11.8 Å². The van der Waals surface area contributed by atoms with Crippen molar-refractivity contribution in [3.8, 4) is 5.00 Å². The number of halogens is 1. The van der Waals surface area contributed by atoms with Crippen molar-refractivity contribution in [2.24, 2.45) is 0 Å². The number of hydrogen-bond acceptors (Lipinski definition) is 8. The van der Waals surface area contributed by atoms with Crippen molar-refractivity contribution in [1.82, 2.24) is 40.8 Å². The Morgan fingerprint density at radius 3 is 2.74 bits per heavy atom. The van der Waals surface area contributed by atoms with Crippen molar-refractivity contribution >= 4 is 23.2 Å². The lowest BCUT2D eigenvalue weighted by Gasteiger charge is -2.12. The maximum Gasteiger partial charge on any atom is 0.366 e. The van der Waals surface area contributed by atoms with Gasteiger partial charge < -0.3 is 10.6 Å². The van der Waals surface area contributed by atoms with Gasteiger partial charge in [-0.15, -0.1) is 11.3 Å². The minimum Gasteiger partial charge on any atom is -0.347 e. The second kappa shape index (κ2) is 9.18. The summed E-state index contributed by atoms with van der Waals surface area (Å²) in [6.07, 6.45) is 2.60. The van der Waals surface area contributed by atoms with E-state index in [9.17, 15) is 18.8 Å². The van der Waals surface area contributed by atoms with E-state index in [1.807, 2.05) is 6.07 Å². The van der Waals surface area contributed by atoms with Gasteiger partial charge in [0.2, 0.25) is 0 Å². The molecule has 0 fully saturated rings. The summed E-state index contributed by atoms with van der Waals surface area (Å²) in [4.78, 5) is 46.1. The summed E-state index contributed by atoms with van der Waals surface area (Å²) in [5.74, 6) is -1.23. The number of carbonyl (C=O) groups is 2. The van der Waals surface area contributed by atoms with Gasteiger partial charge >= 0.3 is 5.69 Å². The maximum absolute atomic E-state index is 13.4. The first-order valence-corrected chi connectivity index (χ1v) is 11.5. The first-order chi connectivity index (χ1) is 16.9. The van der Waals surface area contributed by atoms with Gasteiger partial charge in [0.05, 0.1) is 6.04 Å². The maximum atomic E-state index is 13.4. The van der Waals surface area contributed by atoms with Crippen LogP contribution in [0.5, 0.6) is 0 Å². The molecule has 3 heterocycles. The Morgan fingerprint density at radius 2 is 2.00 bits per heavy atom. The number of thiophene rings is 1. The van der Waals surface area contributed by atoms with E-state index in [-0.39, 0.29) is 29.8 Å². The number of fused-ring (bicyclic) bond motifs is 1. The second-order valence-electron chi connectivity index (χ2n) is 8.01. The number of carbonyl (C=O) groups excluding carboxylic acids is 2. The Morgan fingerprint density at radius 1 is 1.20 bits per heavy atom. The highest BCUT2D eigenvalue weighted by molar-refractivity contribution is 7.14. The fourth-order valence-electron chi connectivity index (χ4n) is 3.86. The topological polar surface area (TPSA) is 148 Å². The van der Waals surface area contributed by atoms with Crippen molar-refractivity contribution in [3.05, 3.63) is 85.9 Å². The largest absolute Gasteiger partial charge is 0.366 e. The zero-order chi connectivity index (χ0) is 24.5. The van der Waals surface area contributed by atoms with Crippen molar-refractivity contribution < 1.29 is 14.0 Å². The third-order valence-electron chi connectivity index (χ3n) is 5.64. The van der Waals surface area contributed by atoms with E-state index in [2.05, 4.69) is 36.1 Å². The van der Waals surface area contributed by atoms with Crippen LogP contribution in [-0.4, -0.2) is 42.0 Å². The smallest absolute Gasteiger partial charge is 0.347 e. The average molecular weight is 495 g/mol. The highest BCUT2D eigenvalue weighted by Gasteiger charge is 2.28. The Balaban J connectivity index is 1.25. The monoisotopic (exact) mass is 494 g/mol. The SMILES string of the molecule is Cc1cc(CNC(=O)c2cc(C(=O)N[C@H]3CCc4cc(-n5nn[nH]c5=O)sc43)ncn2)ccc1F. The van der Waals surface area contributed by atoms with Gasteiger partial charge in [-0.3, -0.25) is 9.59 Å². The van der Waals surface area contributed by atoms with Crippen LogP contribution in [0.15, 0.2) is 41.5 Å². The van der Waals surface area contributed by atoms with Gasteiger partial charge in [-0.05, 0) is 59.0 Å². The molecule has 0 saturated carbocycles. The van der Waals surface area contributed by atoms with Crippen LogP contribution in [0.2, 0.25) is 0 Å². The number of aromatic nitrogens is 6. The van der Waals surface area contributed by atoms with Crippen LogP contribution in [0.4, 0.5) is 4.39 Å². The average Bonchev–Trinajstić information content (AvgIpc) is 3.56. The minimum absolute atomic E-state index is 0.0416. The number of nitrogens with one attached hydrogen (secondary N) is 3. The highest BCUT2D eigenvalue weighted by atomic mass is 32.1. The number of tetrazole rings is 1. The molecule has 0 bridgehead atoms. The number of hydrogen-bond donors (Lipinski definition) is 3. The lowest BCUT2D eigenvalue weighted by atomic mass is 10.1. The molecule has 3 aromatic heterocycles. The number of aryl methyl sites for hydroxylation is 2. The third kappa shape index (κ3) is 4.57. The molecule has 4 aromatic rings. The van der Waals surface area contributed by atoms with Crippen LogP contribution in [0.1, 0.15) is 55.0 Å². The minimum atomic E-state index is -0.479. The molecule has 11 nitrogen and oxygen atoms in total. The molecule has 0 saturated heterocycles. The molecular weight excluding hydrogens is 475 g/mol. The molecule has 1 aliphatic rings. The Hall–Kier alpha value is -4.26. The lowest BCUT2D eigenvalue weighted by molar-refractivity contribution is 0.0932. The van der Waals surface area contributed by atoms with Crippen LogP contribution in [0.3, 0.4) is 0 Å². The fraction of sp³-hybridized carbons (Fsp3) is 0.227. The number of H-pyrrole nitrogens is 1. The van der Waals surface area contributed by atoms with Crippen LogP contribution in [0, 0.1) is 12.7 Å². The van der Waals surface area contributed by atoms with Crippen LogP contribution < -0.4 is 16.3 Å². The summed E-state index contributed by atoms with van der Waals surface area (Å²) in [5.41, 5.74) is 1.92. The molecule has 35 heavy (non-hydrogen) atoms. The normalized spacial score (nSPS) is 14.5. The van der Waals surface area contributed by atoms with E-state index in [0.717, 1.165) is 28.8 Å². The zero-order valence-corrected chi connectivity index (χ0v) is 19.2. The standard InChI is InChI=1S/C22H19FN8O3S/c1-11-6-12(2-4-14(11)23)9-24-20(32)16-8-17(26-10-25-16)21(33)27-15-5-3-13-7-18(35-19(13)15)31-22(34)28-29-30-31/h2,4,6-8,10,15H,3,5,9H2,1H3,(H,24,32)(H,27,33)(H,28,30,34)/t15-/m0/s1. The van der Waals surface area contributed by atoms with Gasteiger partial charge in [-0.2, -0.15) is 4.68 Å². The van der Waals surface area contributed by atoms with Crippen LogP contribution >= 0.6 is 11.3 Å². The molecule has 1 atom stereocenters. The van der Waals surface area contributed by atoms with E-state index in [1.54, 1.807) is 19.1 Å². The van der Waals surface area contributed by atoms with Gasteiger partial charge in [0.15, 0.2) is 0 Å². The number of aromatic amines is 1. The zero-order valence-electron chi connectivity index (χ0n) is 18.4. The Kier molecular flexibility index (Phi) is 5.91. The molecule has 1 aliphatic carbocycles. The summed E-state index contributed by atoms with van der Waals surface area (Å²) < 4.78 is 14.6. The predicted molar refractivity (Wildman–Crippen MR) is 123 cm³/mol. The summed E-state index contributed by atoms with van der Waals surface area (Å²) in [5, 5.41) is 15.8. The molecule has 0 unspecified atom stereocenters. The number of benzene rings is 1. The third-order valence-corrected chi connectivity index (χ3v) is 6.91. The van der Waals surface area contributed by atoms with E-state index in [0.29, 0.717) is 17.0 Å². The van der Waals surface area contributed by atoms with E-state index >= 15 is 0 Å². The molecular formula is C22H19FN8O3S. The molecule has 0 aliphatic heterocycles. The molecule has 1 aromatic carbocycles. The summed E-state index contributed by atoms with van der Waals surface area (Å²) >= 11 is 1.36. The molecule has 13 heteroatoms. The summed E-state index contributed by atoms with van der Waals surface area (Å²) in [7, 11) is 0. The number of amides is 2. The van der Waals surface area contributed by atoms with Gasteiger partial charge in [-0.25, -0.2) is 24.3 Å². The van der Waals surface area contributed by atoms with E-state index < -0.39 is 17.5 Å². The Bertz CT molecular complexity index is 1490. The van der Waals surface area contributed by atoms with Crippen LogP contribution in [0.25, 0.3) is 5.00 Å². The highest BCUT2D eigenvalue weighted by Crippen LogP contribution is 2.38. The number of rotatable bonds is 6. The van der Waals surface area contributed by atoms with E-state index in [1.165, 1.54) is 28.2 Å². The van der Waals surface area contributed by atoms with Crippen molar-refractivity contribution in [3.63, 3.8) is 0 Å². The van der Waals surface area contributed by atoms with E-state index in [4.69, 9.17) is 0 Å². The van der Waals surface area contributed by atoms with Gasteiger partial charge in [0.1, 0.15) is 28.5 Å². The first-order valence-electron chi connectivity index (χ1n) is 10.7. The molecule has 5 rings (SSSR count). The first kappa shape index (κ1) is 22.5. The number of nitrogens with zero attached hydrogens (tertiary/aromatic N) is 5. The van der Waals surface area contributed by atoms with Crippen LogP contribution in [-0.2, 0) is 13.0 Å². The van der Waals surface area contributed by atoms with Crippen molar-refractivity contribution in [2.45, 2.75) is 32.4 Å². The lowest BCUT2D eigenvalue weighted by Crippen LogP contribution is -2.29. The molecule has 0 spiro atoms. The molecule has 178 valence electrons. The second-order valence-corrected chi connectivity index (χ2v) is 9.07. The quantitative estimate of drug-likeness (QED) is 0.369. The van der Waals surface area contributed by atoms with Crippen molar-refractivity contribution in [2.75, 3.05) is 0 Å². The fourth-order valence-corrected chi connectivity index (χ4v) is 5.10. The molecule has 2 amide bonds. The molecule has 0 radical (unpaired) electrons. The van der Waals surface area contributed by atoms with Crippen molar-refractivity contribution in [1.29, 1.82) is 0 Å². The molecule has 3 N–H and O–H groups in total. The Labute approximate surface area is 201 Å². The predicted octanol–water partition coefficient (Wildman–Crippen LogP) is 1.60. The summed E-state index contributed by atoms with van der Waals surface area (Å²) in [6, 6.07) is 7.52. The summed E-state index contributed by atoms with van der Waals surface area (Å²) in [6.45, 7) is 1.83. The van der Waals surface area contributed by atoms with Gasteiger partial charge in [0, 0.05) is 17.5 Å².